The third-order valence-corrected chi connectivity index (χ3v) is 3.22. The maximum Gasteiger partial charge on any atom is 0.158 e. The molecule has 4 heteroatoms. The smallest absolute Gasteiger partial charge is 0.158 e. The summed E-state index contributed by atoms with van der Waals surface area (Å²) >= 11 is 0. The number of piperidine rings is 1. The van der Waals surface area contributed by atoms with Gasteiger partial charge in [0.2, 0.25) is 0 Å². The van der Waals surface area contributed by atoms with Crippen LogP contribution in [0.4, 0.5) is 0 Å². The molecule has 1 aromatic heterocycles. The van der Waals surface area contributed by atoms with Gasteiger partial charge in [-0.15, -0.1) is 0 Å². The molecule has 0 amide bonds. The van der Waals surface area contributed by atoms with Gasteiger partial charge in [0, 0.05) is 12.1 Å². The zero-order valence-corrected chi connectivity index (χ0v) is 9.28. The van der Waals surface area contributed by atoms with Crippen molar-refractivity contribution in [3.63, 3.8) is 0 Å². The Morgan fingerprint density at radius 2 is 2.47 bits per heavy atom. The zero-order valence-electron chi connectivity index (χ0n) is 9.28. The molecule has 1 unspecified atom stereocenters. The number of hydrogen-bond donors (Lipinski definition) is 1. The van der Waals surface area contributed by atoms with Crippen LogP contribution in [-0.2, 0) is 6.54 Å². The summed E-state index contributed by atoms with van der Waals surface area (Å²) in [5.74, 6) is 0.985. The number of rotatable bonds is 3. The van der Waals surface area contributed by atoms with Gasteiger partial charge in [0.15, 0.2) is 5.76 Å². The van der Waals surface area contributed by atoms with E-state index in [0.717, 1.165) is 30.8 Å². The van der Waals surface area contributed by atoms with Crippen LogP contribution in [0.5, 0.6) is 0 Å². The van der Waals surface area contributed by atoms with Gasteiger partial charge in [0.25, 0.3) is 0 Å². The van der Waals surface area contributed by atoms with Crippen molar-refractivity contribution < 1.29 is 4.52 Å². The van der Waals surface area contributed by atoms with Crippen LogP contribution in [-0.4, -0.2) is 23.1 Å². The molecule has 2 heterocycles. The lowest BCUT2D eigenvalue weighted by Crippen LogP contribution is -2.33. The van der Waals surface area contributed by atoms with E-state index in [1.54, 1.807) is 6.20 Å². The van der Waals surface area contributed by atoms with Gasteiger partial charge in [-0.05, 0) is 25.9 Å². The minimum absolute atomic E-state index is 0.393. The molecule has 1 fully saturated rings. The van der Waals surface area contributed by atoms with E-state index in [9.17, 15) is 0 Å². The average molecular weight is 209 g/mol. The fourth-order valence-electron chi connectivity index (χ4n) is 2.36. The SMILES string of the molecule is CCN1CCCCC1c1oncc1CN. The largest absolute Gasteiger partial charge is 0.359 e. The molecule has 1 saturated heterocycles. The predicted octanol–water partition coefficient (Wildman–Crippen LogP) is 1.68. The monoisotopic (exact) mass is 209 g/mol. The average Bonchev–Trinajstić information content (AvgIpc) is 2.76. The van der Waals surface area contributed by atoms with Gasteiger partial charge < -0.3 is 10.3 Å². The first-order valence-corrected chi connectivity index (χ1v) is 5.74. The fourth-order valence-corrected chi connectivity index (χ4v) is 2.36. The van der Waals surface area contributed by atoms with Gasteiger partial charge in [-0.2, -0.15) is 0 Å². The van der Waals surface area contributed by atoms with Gasteiger partial charge in [-0.3, -0.25) is 4.90 Å². The summed E-state index contributed by atoms with van der Waals surface area (Å²) in [5.41, 5.74) is 6.73. The lowest BCUT2D eigenvalue weighted by Gasteiger charge is -2.33. The van der Waals surface area contributed by atoms with E-state index in [1.807, 2.05) is 0 Å². The molecule has 1 aliphatic rings. The maximum atomic E-state index is 5.67. The second-order valence-corrected chi connectivity index (χ2v) is 4.06. The van der Waals surface area contributed by atoms with Gasteiger partial charge in [-0.1, -0.05) is 18.5 Å². The van der Waals surface area contributed by atoms with Crippen LogP contribution in [0.2, 0.25) is 0 Å². The maximum absolute atomic E-state index is 5.67. The molecule has 0 aliphatic carbocycles. The highest BCUT2D eigenvalue weighted by atomic mass is 16.5. The molecular formula is C11H19N3O. The van der Waals surface area contributed by atoms with Crippen molar-refractivity contribution >= 4 is 0 Å². The van der Waals surface area contributed by atoms with Crippen LogP contribution in [0, 0.1) is 0 Å². The summed E-state index contributed by atoms with van der Waals surface area (Å²) < 4.78 is 5.36. The van der Waals surface area contributed by atoms with Crippen molar-refractivity contribution in [3.05, 3.63) is 17.5 Å². The van der Waals surface area contributed by atoms with E-state index in [0.29, 0.717) is 12.6 Å². The van der Waals surface area contributed by atoms with Crippen LogP contribution in [0.25, 0.3) is 0 Å². The van der Waals surface area contributed by atoms with Crippen molar-refractivity contribution in [2.45, 2.75) is 38.8 Å². The minimum Gasteiger partial charge on any atom is -0.359 e. The summed E-state index contributed by atoms with van der Waals surface area (Å²) in [6, 6.07) is 0.393. The highest BCUT2D eigenvalue weighted by molar-refractivity contribution is 5.17. The van der Waals surface area contributed by atoms with Crippen molar-refractivity contribution in [3.8, 4) is 0 Å². The summed E-state index contributed by atoms with van der Waals surface area (Å²) in [6.07, 6.45) is 5.47. The zero-order chi connectivity index (χ0) is 10.7. The number of likely N-dealkylation sites (tertiary alicyclic amines) is 1. The molecule has 0 spiro atoms. The van der Waals surface area contributed by atoms with E-state index in [4.69, 9.17) is 10.3 Å². The van der Waals surface area contributed by atoms with Crippen LogP contribution >= 0.6 is 0 Å². The normalized spacial score (nSPS) is 23.2. The van der Waals surface area contributed by atoms with Crippen LogP contribution in [0.15, 0.2) is 10.7 Å². The fraction of sp³-hybridized carbons (Fsp3) is 0.727. The molecule has 0 saturated carbocycles. The molecule has 0 aromatic carbocycles. The van der Waals surface area contributed by atoms with Gasteiger partial charge in [0.1, 0.15) is 0 Å². The Balaban J connectivity index is 2.20. The van der Waals surface area contributed by atoms with Crippen molar-refractivity contribution in [1.29, 1.82) is 0 Å². The van der Waals surface area contributed by atoms with Crippen molar-refractivity contribution in [2.75, 3.05) is 13.1 Å². The summed E-state index contributed by atoms with van der Waals surface area (Å²) in [6.45, 7) is 4.94. The number of aromatic nitrogens is 1. The molecule has 84 valence electrons. The number of nitrogens with zero attached hydrogens (tertiary/aromatic N) is 2. The molecule has 2 rings (SSSR count). The van der Waals surface area contributed by atoms with E-state index in [1.165, 1.54) is 12.8 Å². The molecule has 0 radical (unpaired) electrons. The van der Waals surface area contributed by atoms with Gasteiger partial charge >= 0.3 is 0 Å². The second-order valence-electron chi connectivity index (χ2n) is 4.06. The molecule has 1 atom stereocenters. The van der Waals surface area contributed by atoms with Crippen LogP contribution < -0.4 is 5.73 Å². The summed E-state index contributed by atoms with van der Waals surface area (Å²) in [4.78, 5) is 2.45. The Bertz CT molecular complexity index is 311. The highest BCUT2D eigenvalue weighted by Gasteiger charge is 2.27. The van der Waals surface area contributed by atoms with Crippen LogP contribution in [0.1, 0.15) is 43.6 Å². The summed E-state index contributed by atoms with van der Waals surface area (Å²) in [5, 5.41) is 3.86. The van der Waals surface area contributed by atoms with E-state index >= 15 is 0 Å². The second kappa shape index (κ2) is 4.77. The molecule has 1 aromatic rings. The molecule has 0 bridgehead atoms. The number of hydrogen-bond acceptors (Lipinski definition) is 4. The first-order chi connectivity index (χ1) is 7.36. The Hall–Kier alpha value is -0.870. The van der Waals surface area contributed by atoms with E-state index < -0.39 is 0 Å². The first-order valence-electron chi connectivity index (χ1n) is 5.74. The molecule has 15 heavy (non-hydrogen) atoms. The molecule has 2 N–H and O–H groups in total. The summed E-state index contributed by atoms with van der Waals surface area (Å²) in [7, 11) is 0. The van der Waals surface area contributed by atoms with E-state index in [-0.39, 0.29) is 0 Å². The Labute approximate surface area is 90.4 Å². The topological polar surface area (TPSA) is 55.3 Å². The van der Waals surface area contributed by atoms with E-state index in [2.05, 4.69) is 17.0 Å². The lowest BCUT2D eigenvalue weighted by atomic mass is 9.98. The Morgan fingerprint density at radius 3 is 3.20 bits per heavy atom. The minimum atomic E-state index is 0.393. The van der Waals surface area contributed by atoms with Crippen molar-refractivity contribution in [1.82, 2.24) is 10.1 Å². The third kappa shape index (κ3) is 2.06. The molecular weight excluding hydrogens is 190 g/mol. The van der Waals surface area contributed by atoms with Gasteiger partial charge in [0.05, 0.1) is 12.2 Å². The Morgan fingerprint density at radius 1 is 1.60 bits per heavy atom. The molecule has 4 nitrogen and oxygen atoms in total. The highest BCUT2D eigenvalue weighted by Crippen LogP contribution is 2.32. The lowest BCUT2D eigenvalue weighted by molar-refractivity contribution is 0.129. The van der Waals surface area contributed by atoms with Crippen molar-refractivity contribution in [2.24, 2.45) is 5.73 Å². The van der Waals surface area contributed by atoms with Crippen LogP contribution in [0.3, 0.4) is 0 Å². The number of nitrogens with two attached hydrogens (primary N) is 1. The molecule has 1 aliphatic heterocycles. The predicted molar refractivity (Wildman–Crippen MR) is 58.2 cm³/mol. The quantitative estimate of drug-likeness (QED) is 0.823. The third-order valence-electron chi connectivity index (χ3n) is 3.22. The standard InChI is InChI=1S/C11H19N3O/c1-2-14-6-4-3-5-10(14)11-9(7-12)8-13-15-11/h8,10H,2-7,12H2,1H3. The first kappa shape index (κ1) is 10.6. The Kier molecular flexibility index (Phi) is 3.38. The van der Waals surface area contributed by atoms with Gasteiger partial charge in [-0.25, -0.2) is 0 Å².